The number of hydrogen-bond acceptors (Lipinski definition) is 6. The summed E-state index contributed by atoms with van der Waals surface area (Å²) in [7, 11) is -2.20. The number of likely N-dealkylation sites (N-methyl/N-ethyl adjacent to an activating group) is 1. The maximum atomic E-state index is 14.4. The van der Waals surface area contributed by atoms with Gasteiger partial charge in [0.2, 0.25) is 15.9 Å². The summed E-state index contributed by atoms with van der Waals surface area (Å²) < 4.78 is 42.4. The molecular formula is C18H20Cl2FN5O4S. The first-order valence-corrected chi connectivity index (χ1v) is 11.5. The standard InChI is InChI=1S/C18H20Cl2FN5O4S/c1-24-5-2-6-25(8-7-24)31(29,30)15-9-12(3-4-14(15)21)23-16(27)11-26-18(28)17(20)13(19)10-22-26/h3-4,9-10H,2,5-8,11H2,1H3,(H,23,27). The van der Waals surface area contributed by atoms with Gasteiger partial charge in [-0.15, -0.1) is 0 Å². The van der Waals surface area contributed by atoms with E-state index in [0.717, 1.165) is 29.6 Å². The van der Waals surface area contributed by atoms with E-state index in [1.165, 1.54) is 10.4 Å². The Bertz CT molecular complexity index is 1160. The van der Waals surface area contributed by atoms with Crippen molar-refractivity contribution in [1.29, 1.82) is 0 Å². The third kappa shape index (κ3) is 5.42. The Hall–Kier alpha value is -2.05. The minimum absolute atomic E-state index is 0.0450. The zero-order valence-electron chi connectivity index (χ0n) is 16.5. The minimum Gasteiger partial charge on any atom is -0.324 e. The molecule has 1 aromatic carbocycles. The summed E-state index contributed by atoms with van der Waals surface area (Å²) in [6, 6.07) is 3.26. The largest absolute Gasteiger partial charge is 0.324 e. The summed E-state index contributed by atoms with van der Waals surface area (Å²) in [5.74, 6) is -1.60. The van der Waals surface area contributed by atoms with E-state index < -0.39 is 38.7 Å². The lowest BCUT2D eigenvalue weighted by Crippen LogP contribution is -2.35. The topological polar surface area (TPSA) is 105 Å². The van der Waals surface area contributed by atoms with Gasteiger partial charge in [-0.25, -0.2) is 17.5 Å². The highest BCUT2D eigenvalue weighted by atomic mass is 35.5. The number of sulfonamides is 1. The van der Waals surface area contributed by atoms with Gasteiger partial charge in [-0.1, -0.05) is 23.2 Å². The number of aromatic nitrogens is 2. The van der Waals surface area contributed by atoms with E-state index in [1.807, 2.05) is 11.9 Å². The number of halogens is 3. The maximum absolute atomic E-state index is 14.4. The van der Waals surface area contributed by atoms with Crippen molar-refractivity contribution in [2.45, 2.75) is 17.9 Å². The summed E-state index contributed by atoms with van der Waals surface area (Å²) in [4.78, 5) is 25.8. The Morgan fingerprint density at radius 3 is 2.71 bits per heavy atom. The smallest absolute Gasteiger partial charge is 0.287 e. The van der Waals surface area contributed by atoms with Gasteiger partial charge >= 0.3 is 0 Å². The number of rotatable bonds is 5. The number of nitrogens with one attached hydrogen (secondary N) is 1. The molecule has 0 saturated carbocycles. The van der Waals surface area contributed by atoms with E-state index in [-0.39, 0.29) is 28.8 Å². The Labute approximate surface area is 188 Å². The number of anilines is 1. The van der Waals surface area contributed by atoms with Gasteiger partial charge in [0.1, 0.15) is 22.3 Å². The third-order valence-electron chi connectivity index (χ3n) is 4.75. The molecule has 9 nitrogen and oxygen atoms in total. The molecule has 2 heterocycles. The highest BCUT2D eigenvalue weighted by Crippen LogP contribution is 2.24. The number of hydrogen-bond donors (Lipinski definition) is 1. The molecule has 2 aromatic rings. The molecule has 0 radical (unpaired) electrons. The van der Waals surface area contributed by atoms with E-state index in [1.54, 1.807) is 0 Å². The lowest BCUT2D eigenvalue weighted by atomic mass is 10.3. The van der Waals surface area contributed by atoms with E-state index in [4.69, 9.17) is 23.2 Å². The fourth-order valence-corrected chi connectivity index (χ4v) is 4.91. The van der Waals surface area contributed by atoms with Crippen LogP contribution in [-0.4, -0.2) is 66.5 Å². The maximum Gasteiger partial charge on any atom is 0.287 e. The molecule has 1 N–H and O–H groups in total. The predicted molar refractivity (Wildman–Crippen MR) is 114 cm³/mol. The fourth-order valence-electron chi connectivity index (χ4n) is 3.08. The predicted octanol–water partition coefficient (Wildman–Crippen LogP) is 1.65. The molecule has 1 saturated heterocycles. The molecule has 0 unspecified atom stereocenters. The highest BCUT2D eigenvalue weighted by Gasteiger charge is 2.29. The molecule has 31 heavy (non-hydrogen) atoms. The second kappa shape index (κ2) is 9.61. The van der Waals surface area contributed by atoms with Gasteiger partial charge in [-0.05, 0) is 38.2 Å². The molecule has 0 spiro atoms. The number of benzene rings is 1. The van der Waals surface area contributed by atoms with Crippen LogP contribution in [0.1, 0.15) is 6.42 Å². The number of nitrogens with zero attached hydrogens (tertiary/aromatic N) is 4. The first-order valence-electron chi connectivity index (χ1n) is 9.29. The van der Waals surface area contributed by atoms with Crippen LogP contribution in [0, 0.1) is 5.82 Å². The van der Waals surface area contributed by atoms with Crippen molar-refractivity contribution in [3.05, 3.63) is 50.6 Å². The van der Waals surface area contributed by atoms with Crippen LogP contribution in [-0.2, 0) is 21.4 Å². The second-order valence-corrected chi connectivity index (χ2v) is 9.72. The molecule has 0 atom stereocenters. The highest BCUT2D eigenvalue weighted by molar-refractivity contribution is 7.89. The molecule has 1 aliphatic heterocycles. The summed E-state index contributed by atoms with van der Waals surface area (Å²) in [5, 5.41) is 5.85. The van der Waals surface area contributed by atoms with Crippen LogP contribution in [0.4, 0.5) is 10.1 Å². The first kappa shape index (κ1) is 23.6. The minimum atomic E-state index is -4.09. The lowest BCUT2D eigenvalue weighted by Gasteiger charge is -2.21. The summed E-state index contributed by atoms with van der Waals surface area (Å²) >= 11 is 11.5. The summed E-state index contributed by atoms with van der Waals surface area (Å²) in [5.41, 5.74) is -0.692. The van der Waals surface area contributed by atoms with Crippen molar-refractivity contribution in [2.24, 2.45) is 0 Å². The van der Waals surface area contributed by atoms with Crippen molar-refractivity contribution in [3.8, 4) is 0 Å². The van der Waals surface area contributed by atoms with E-state index >= 15 is 0 Å². The Kier molecular flexibility index (Phi) is 7.32. The third-order valence-corrected chi connectivity index (χ3v) is 7.41. The molecule has 168 valence electrons. The van der Waals surface area contributed by atoms with Crippen LogP contribution >= 0.6 is 23.2 Å². The van der Waals surface area contributed by atoms with Gasteiger partial charge in [0.15, 0.2) is 0 Å². The van der Waals surface area contributed by atoms with Gasteiger partial charge in [0, 0.05) is 25.3 Å². The second-order valence-electron chi connectivity index (χ2n) is 7.02. The lowest BCUT2D eigenvalue weighted by molar-refractivity contribution is -0.117. The quantitative estimate of drug-likeness (QED) is 0.681. The fraction of sp³-hybridized carbons (Fsp3) is 0.389. The molecule has 3 rings (SSSR count). The SMILES string of the molecule is CN1CCCN(S(=O)(=O)c2cc(NC(=O)Cn3ncc(Cl)c(Cl)c3=O)ccc2F)CC1. The van der Waals surface area contributed by atoms with Crippen molar-refractivity contribution in [3.63, 3.8) is 0 Å². The molecule has 1 aromatic heterocycles. The zero-order valence-corrected chi connectivity index (χ0v) is 18.8. The summed E-state index contributed by atoms with van der Waals surface area (Å²) in [6.45, 7) is 1.29. The molecule has 0 bridgehead atoms. The normalized spacial score (nSPS) is 16.1. The van der Waals surface area contributed by atoms with Crippen LogP contribution in [0.25, 0.3) is 0 Å². The molecule has 1 aliphatic rings. The molecule has 1 fully saturated rings. The number of carbonyl (C=O) groups excluding carboxylic acids is 1. The average molecular weight is 492 g/mol. The van der Waals surface area contributed by atoms with Gasteiger partial charge in [-0.2, -0.15) is 9.40 Å². The summed E-state index contributed by atoms with van der Waals surface area (Å²) in [6.07, 6.45) is 1.75. The van der Waals surface area contributed by atoms with Crippen molar-refractivity contribution < 1.29 is 17.6 Å². The Morgan fingerprint density at radius 2 is 1.97 bits per heavy atom. The van der Waals surface area contributed by atoms with Crippen LogP contribution in [0.15, 0.2) is 34.1 Å². The van der Waals surface area contributed by atoms with Crippen molar-refractivity contribution >= 4 is 44.8 Å². The first-order chi connectivity index (χ1) is 14.6. The Morgan fingerprint density at radius 1 is 1.23 bits per heavy atom. The number of amides is 1. The van der Waals surface area contributed by atoms with Crippen LogP contribution in [0.3, 0.4) is 0 Å². The van der Waals surface area contributed by atoms with Crippen molar-refractivity contribution in [1.82, 2.24) is 19.0 Å². The van der Waals surface area contributed by atoms with Crippen LogP contribution < -0.4 is 10.9 Å². The van der Waals surface area contributed by atoms with Crippen LogP contribution in [0.2, 0.25) is 10.0 Å². The van der Waals surface area contributed by atoms with Gasteiger partial charge in [0.25, 0.3) is 5.56 Å². The molecular weight excluding hydrogens is 472 g/mol. The monoisotopic (exact) mass is 491 g/mol. The van der Waals surface area contributed by atoms with Gasteiger partial charge in [-0.3, -0.25) is 9.59 Å². The van der Waals surface area contributed by atoms with E-state index in [9.17, 15) is 22.4 Å². The average Bonchev–Trinajstić information content (AvgIpc) is 2.95. The van der Waals surface area contributed by atoms with E-state index in [0.29, 0.717) is 13.0 Å². The molecule has 1 amide bonds. The molecule has 13 heteroatoms. The van der Waals surface area contributed by atoms with Gasteiger partial charge in [0.05, 0.1) is 11.2 Å². The van der Waals surface area contributed by atoms with E-state index in [2.05, 4.69) is 10.4 Å². The molecule has 0 aliphatic carbocycles. The zero-order chi connectivity index (χ0) is 22.8. The van der Waals surface area contributed by atoms with Gasteiger partial charge < -0.3 is 10.2 Å². The van der Waals surface area contributed by atoms with Crippen molar-refractivity contribution in [2.75, 3.05) is 38.5 Å². The van der Waals surface area contributed by atoms with Crippen LogP contribution in [0.5, 0.6) is 0 Å². The number of carbonyl (C=O) groups is 1. The Balaban J connectivity index is 1.80.